The second-order valence-electron chi connectivity index (χ2n) is 5.48. The minimum absolute atomic E-state index is 0.106. The van der Waals surface area contributed by atoms with Crippen LogP contribution in [-0.4, -0.2) is 16.1 Å². The Morgan fingerprint density at radius 3 is 2.44 bits per heavy atom. The van der Waals surface area contributed by atoms with Crippen LogP contribution in [0.2, 0.25) is 0 Å². The molecule has 128 valence electrons. The highest BCUT2D eigenvalue weighted by atomic mass is 32.1. The summed E-state index contributed by atoms with van der Waals surface area (Å²) in [6.07, 6.45) is 0.897. The van der Waals surface area contributed by atoms with Crippen LogP contribution in [0.25, 0.3) is 0 Å². The summed E-state index contributed by atoms with van der Waals surface area (Å²) in [5, 5.41) is 12.3. The van der Waals surface area contributed by atoms with E-state index in [4.69, 9.17) is 4.74 Å². The minimum Gasteiger partial charge on any atom is -0.483 e. The van der Waals surface area contributed by atoms with Crippen molar-refractivity contribution in [3.63, 3.8) is 0 Å². The minimum atomic E-state index is -0.181. The first-order chi connectivity index (χ1) is 12.2. The summed E-state index contributed by atoms with van der Waals surface area (Å²) in [5.41, 5.74) is 0.962. The molecule has 0 spiro atoms. The Labute approximate surface area is 150 Å². The number of amides is 1. The van der Waals surface area contributed by atoms with Crippen molar-refractivity contribution in [3.8, 4) is 5.75 Å². The predicted molar refractivity (Wildman–Crippen MR) is 98.8 cm³/mol. The summed E-state index contributed by atoms with van der Waals surface area (Å²) in [7, 11) is 0. The van der Waals surface area contributed by atoms with Crippen LogP contribution in [-0.2, 0) is 11.2 Å². The van der Waals surface area contributed by atoms with Gasteiger partial charge in [-0.05, 0) is 24.1 Å². The lowest BCUT2D eigenvalue weighted by Crippen LogP contribution is -2.14. The van der Waals surface area contributed by atoms with Gasteiger partial charge in [-0.15, -0.1) is 10.2 Å². The lowest BCUT2D eigenvalue weighted by atomic mass is 10.1. The molecule has 0 saturated heterocycles. The van der Waals surface area contributed by atoms with E-state index in [9.17, 15) is 4.79 Å². The van der Waals surface area contributed by atoms with Gasteiger partial charge in [-0.1, -0.05) is 66.8 Å². The van der Waals surface area contributed by atoms with Crippen molar-refractivity contribution < 1.29 is 9.53 Å². The van der Waals surface area contributed by atoms with E-state index >= 15 is 0 Å². The largest absolute Gasteiger partial charge is 0.483 e. The highest BCUT2D eigenvalue weighted by molar-refractivity contribution is 7.15. The Balaban J connectivity index is 1.61. The van der Waals surface area contributed by atoms with E-state index in [2.05, 4.69) is 15.5 Å². The van der Waals surface area contributed by atoms with Gasteiger partial charge in [0.2, 0.25) is 11.0 Å². The summed E-state index contributed by atoms with van der Waals surface area (Å²) in [6, 6.07) is 19.2. The Kier molecular flexibility index (Phi) is 5.74. The molecule has 3 rings (SSSR count). The van der Waals surface area contributed by atoms with Crippen molar-refractivity contribution in [2.24, 2.45) is 0 Å². The van der Waals surface area contributed by atoms with Crippen molar-refractivity contribution >= 4 is 22.4 Å². The number of nitrogens with one attached hydrogen (secondary N) is 1. The summed E-state index contributed by atoms with van der Waals surface area (Å²) in [6.45, 7) is 2.03. The van der Waals surface area contributed by atoms with E-state index in [0.717, 1.165) is 22.7 Å². The first-order valence-corrected chi connectivity index (χ1v) is 8.95. The second-order valence-corrected chi connectivity index (χ2v) is 6.49. The van der Waals surface area contributed by atoms with Crippen molar-refractivity contribution in [2.75, 3.05) is 5.32 Å². The molecule has 0 aliphatic carbocycles. The van der Waals surface area contributed by atoms with E-state index in [1.54, 1.807) is 0 Å². The number of aromatic nitrogens is 2. The molecule has 0 aliphatic heterocycles. The molecule has 0 fully saturated rings. The van der Waals surface area contributed by atoms with Crippen LogP contribution in [0.1, 0.15) is 30.0 Å². The van der Waals surface area contributed by atoms with Gasteiger partial charge in [0.15, 0.2) is 11.1 Å². The molecule has 0 radical (unpaired) electrons. The topological polar surface area (TPSA) is 64.1 Å². The quantitative estimate of drug-likeness (QED) is 0.690. The number of nitrogens with zero attached hydrogens (tertiary/aromatic N) is 2. The third-order valence-corrected chi connectivity index (χ3v) is 4.49. The standard InChI is InChI=1S/C19H19N3O2S/c1-2-16(24-15-11-7-4-8-12-15)18-21-22-19(25-18)20-17(23)13-14-9-5-3-6-10-14/h3-12,16H,2,13H2,1H3,(H,20,22,23)/t16-/m1/s1. The molecule has 0 saturated carbocycles. The van der Waals surface area contributed by atoms with Crippen LogP contribution in [0.15, 0.2) is 60.7 Å². The Hall–Kier alpha value is -2.73. The lowest BCUT2D eigenvalue weighted by Gasteiger charge is -2.14. The average molecular weight is 353 g/mol. The van der Waals surface area contributed by atoms with Crippen LogP contribution in [0.3, 0.4) is 0 Å². The van der Waals surface area contributed by atoms with E-state index in [-0.39, 0.29) is 12.0 Å². The fourth-order valence-electron chi connectivity index (χ4n) is 2.33. The van der Waals surface area contributed by atoms with E-state index in [1.165, 1.54) is 11.3 Å². The van der Waals surface area contributed by atoms with Crippen LogP contribution in [0, 0.1) is 0 Å². The van der Waals surface area contributed by atoms with E-state index in [0.29, 0.717) is 11.6 Å². The summed E-state index contributed by atoms with van der Waals surface area (Å²) >= 11 is 1.34. The number of hydrogen-bond donors (Lipinski definition) is 1. The molecule has 1 atom stereocenters. The van der Waals surface area contributed by atoms with Crippen LogP contribution in [0.4, 0.5) is 5.13 Å². The zero-order chi connectivity index (χ0) is 17.5. The van der Waals surface area contributed by atoms with Gasteiger partial charge < -0.3 is 10.1 Å². The van der Waals surface area contributed by atoms with Gasteiger partial charge in [0.1, 0.15) is 5.75 Å². The molecular formula is C19H19N3O2S. The predicted octanol–water partition coefficient (Wildman–Crippen LogP) is 4.25. The third kappa shape index (κ3) is 4.87. The molecule has 0 bridgehead atoms. The zero-order valence-corrected chi connectivity index (χ0v) is 14.7. The molecule has 0 unspecified atom stereocenters. The van der Waals surface area contributed by atoms with Crippen LogP contribution >= 0.6 is 11.3 Å². The number of hydrogen-bond acceptors (Lipinski definition) is 5. The third-order valence-electron chi connectivity index (χ3n) is 3.56. The van der Waals surface area contributed by atoms with Gasteiger partial charge in [-0.2, -0.15) is 0 Å². The SMILES string of the molecule is CC[C@@H](Oc1ccccc1)c1nnc(NC(=O)Cc2ccccc2)s1. The highest BCUT2D eigenvalue weighted by Crippen LogP contribution is 2.28. The van der Waals surface area contributed by atoms with Gasteiger partial charge in [0, 0.05) is 0 Å². The number of carbonyl (C=O) groups is 1. The summed E-state index contributed by atoms with van der Waals surface area (Å²) < 4.78 is 5.96. The highest BCUT2D eigenvalue weighted by Gasteiger charge is 2.18. The van der Waals surface area contributed by atoms with Crippen molar-refractivity contribution in [1.29, 1.82) is 0 Å². The van der Waals surface area contributed by atoms with Gasteiger partial charge in [-0.3, -0.25) is 4.79 Å². The zero-order valence-electron chi connectivity index (χ0n) is 13.9. The fourth-order valence-corrected chi connectivity index (χ4v) is 3.20. The number of carbonyl (C=O) groups excluding carboxylic acids is 1. The molecule has 1 heterocycles. The number of para-hydroxylation sites is 1. The number of ether oxygens (including phenoxy) is 1. The van der Waals surface area contributed by atoms with Crippen molar-refractivity contribution in [2.45, 2.75) is 25.9 Å². The first-order valence-electron chi connectivity index (χ1n) is 8.13. The van der Waals surface area contributed by atoms with Gasteiger partial charge >= 0.3 is 0 Å². The van der Waals surface area contributed by atoms with Gasteiger partial charge in [-0.25, -0.2) is 0 Å². The average Bonchev–Trinajstić information content (AvgIpc) is 3.09. The van der Waals surface area contributed by atoms with E-state index in [1.807, 2.05) is 67.6 Å². The van der Waals surface area contributed by atoms with Crippen molar-refractivity contribution in [1.82, 2.24) is 10.2 Å². The molecule has 1 aromatic heterocycles. The summed E-state index contributed by atoms with van der Waals surface area (Å²) in [4.78, 5) is 12.1. The number of anilines is 1. The van der Waals surface area contributed by atoms with Gasteiger partial charge in [0.05, 0.1) is 6.42 Å². The maximum absolute atomic E-state index is 12.1. The van der Waals surface area contributed by atoms with E-state index < -0.39 is 0 Å². The Morgan fingerprint density at radius 1 is 1.08 bits per heavy atom. The lowest BCUT2D eigenvalue weighted by molar-refractivity contribution is -0.115. The smallest absolute Gasteiger partial charge is 0.230 e. The number of rotatable bonds is 7. The molecule has 1 N–H and O–H groups in total. The maximum Gasteiger partial charge on any atom is 0.230 e. The molecule has 5 nitrogen and oxygen atoms in total. The molecule has 2 aromatic carbocycles. The Morgan fingerprint density at radius 2 is 1.76 bits per heavy atom. The summed E-state index contributed by atoms with van der Waals surface area (Å²) in [5.74, 6) is 0.685. The molecule has 3 aromatic rings. The first kappa shape index (κ1) is 17.1. The van der Waals surface area contributed by atoms with Crippen molar-refractivity contribution in [3.05, 3.63) is 71.2 Å². The molecule has 1 amide bonds. The maximum atomic E-state index is 12.1. The molecular weight excluding hydrogens is 334 g/mol. The van der Waals surface area contributed by atoms with Gasteiger partial charge in [0.25, 0.3) is 0 Å². The molecule has 6 heteroatoms. The monoisotopic (exact) mass is 353 g/mol. The van der Waals surface area contributed by atoms with Crippen LogP contribution < -0.4 is 10.1 Å². The Bertz CT molecular complexity index is 806. The van der Waals surface area contributed by atoms with Crippen LogP contribution in [0.5, 0.6) is 5.75 Å². The molecule has 0 aliphatic rings. The second kappa shape index (κ2) is 8.39. The fraction of sp³-hybridized carbons (Fsp3) is 0.211. The normalized spacial score (nSPS) is 11.7. The number of benzene rings is 2. The molecule has 25 heavy (non-hydrogen) atoms.